The number of rotatable bonds is 2. The zero-order chi connectivity index (χ0) is 14.8. The van der Waals surface area contributed by atoms with Gasteiger partial charge in [0.05, 0.1) is 12.1 Å². The van der Waals surface area contributed by atoms with Crippen molar-refractivity contribution in [2.24, 2.45) is 16.8 Å². The molecule has 2 N–H and O–H groups in total. The molecule has 1 aromatic rings. The number of halogens is 1. The average Bonchev–Trinajstić information content (AvgIpc) is 2.83. The van der Waals surface area contributed by atoms with Crippen molar-refractivity contribution >= 4 is 23.7 Å². The third-order valence-electron chi connectivity index (χ3n) is 5.08. The molecule has 1 aromatic carbocycles. The maximum Gasteiger partial charge on any atom is 0.217 e. The zero-order valence-corrected chi connectivity index (χ0v) is 12.5. The van der Waals surface area contributed by atoms with Crippen LogP contribution in [0.15, 0.2) is 17.1 Å². The highest BCUT2D eigenvalue weighted by atomic mass is 35.5. The highest BCUT2D eigenvalue weighted by Crippen LogP contribution is 2.60. The molecule has 21 heavy (non-hydrogen) atoms. The largest absolute Gasteiger partial charge is 0.385 e. The minimum atomic E-state index is -0.826. The maximum atomic E-state index is 11.1. The lowest BCUT2D eigenvalue weighted by Gasteiger charge is -2.29. The molecular formula is C16H17ClN2O2. The second-order valence-corrected chi connectivity index (χ2v) is 6.92. The number of hydrogen-bond donors (Lipinski definition) is 2. The quantitative estimate of drug-likeness (QED) is 0.878. The van der Waals surface area contributed by atoms with Crippen molar-refractivity contribution in [3.63, 3.8) is 0 Å². The highest BCUT2D eigenvalue weighted by molar-refractivity contribution is 6.31. The van der Waals surface area contributed by atoms with Crippen LogP contribution in [0.1, 0.15) is 36.5 Å². The number of aliphatic imine (C=N–C) groups is 1. The molecule has 5 heteroatoms. The number of amides is 1. The van der Waals surface area contributed by atoms with E-state index in [0.29, 0.717) is 36.2 Å². The van der Waals surface area contributed by atoms with Crippen LogP contribution in [0.2, 0.25) is 5.02 Å². The Morgan fingerprint density at radius 1 is 1.43 bits per heavy atom. The SMILES string of the molecule is CC(=O)NC1[C@H]2CC(O)(c3cc(Cl)cc4c3CN=C4)C[C@@H]12. The molecule has 0 spiro atoms. The van der Waals surface area contributed by atoms with Gasteiger partial charge in [0.1, 0.15) is 0 Å². The van der Waals surface area contributed by atoms with Gasteiger partial charge in [-0.1, -0.05) is 11.6 Å². The Morgan fingerprint density at radius 2 is 2.14 bits per heavy atom. The normalized spacial score (nSPS) is 35.5. The number of hydrogen-bond acceptors (Lipinski definition) is 3. The smallest absolute Gasteiger partial charge is 0.217 e. The first-order valence-electron chi connectivity index (χ1n) is 7.30. The molecule has 110 valence electrons. The van der Waals surface area contributed by atoms with Crippen molar-refractivity contribution in [3.8, 4) is 0 Å². The Kier molecular flexibility index (Phi) is 2.72. The molecule has 0 bridgehead atoms. The minimum Gasteiger partial charge on any atom is -0.385 e. The second-order valence-electron chi connectivity index (χ2n) is 6.48. The van der Waals surface area contributed by atoms with Gasteiger partial charge in [0, 0.05) is 24.2 Å². The van der Waals surface area contributed by atoms with Crippen molar-refractivity contribution in [1.29, 1.82) is 0 Å². The van der Waals surface area contributed by atoms with Gasteiger partial charge in [-0.15, -0.1) is 0 Å². The summed E-state index contributed by atoms with van der Waals surface area (Å²) in [5.41, 5.74) is 2.22. The number of benzene rings is 1. The van der Waals surface area contributed by atoms with Crippen LogP contribution in [-0.2, 0) is 16.9 Å². The van der Waals surface area contributed by atoms with Gasteiger partial charge in [0.2, 0.25) is 5.91 Å². The summed E-state index contributed by atoms with van der Waals surface area (Å²) in [4.78, 5) is 15.4. The van der Waals surface area contributed by atoms with Gasteiger partial charge >= 0.3 is 0 Å². The van der Waals surface area contributed by atoms with Crippen LogP contribution in [0.3, 0.4) is 0 Å². The van der Waals surface area contributed by atoms with Gasteiger partial charge < -0.3 is 10.4 Å². The lowest BCUT2D eigenvalue weighted by atomic mass is 9.84. The lowest BCUT2D eigenvalue weighted by Crippen LogP contribution is -2.32. The molecule has 4 nitrogen and oxygen atoms in total. The van der Waals surface area contributed by atoms with Gasteiger partial charge in [0.25, 0.3) is 0 Å². The van der Waals surface area contributed by atoms with Crippen LogP contribution in [0.4, 0.5) is 0 Å². The highest BCUT2D eigenvalue weighted by Gasteiger charge is 2.62. The van der Waals surface area contributed by atoms with E-state index in [9.17, 15) is 9.90 Å². The van der Waals surface area contributed by atoms with Gasteiger partial charge in [-0.25, -0.2) is 0 Å². The second kappa shape index (κ2) is 4.31. The summed E-state index contributed by atoms with van der Waals surface area (Å²) in [5.74, 6) is 0.779. The molecule has 1 aliphatic heterocycles. The molecule has 1 heterocycles. The molecule has 3 aliphatic rings. The molecule has 4 atom stereocenters. The third kappa shape index (κ3) is 2.00. The van der Waals surface area contributed by atoms with Crippen LogP contribution in [0.5, 0.6) is 0 Å². The Morgan fingerprint density at radius 3 is 2.81 bits per heavy atom. The Hall–Kier alpha value is -1.39. The molecule has 2 unspecified atom stereocenters. The van der Waals surface area contributed by atoms with E-state index in [0.717, 1.165) is 16.7 Å². The summed E-state index contributed by atoms with van der Waals surface area (Å²) < 4.78 is 0. The topological polar surface area (TPSA) is 61.7 Å². The lowest BCUT2D eigenvalue weighted by molar-refractivity contribution is -0.119. The van der Waals surface area contributed by atoms with Gasteiger partial charge in [-0.3, -0.25) is 9.79 Å². The van der Waals surface area contributed by atoms with E-state index in [1.165, 1.54) is 0 Å². The van der Waals surface area contributed by atoms with E-state index < -0.39 is 5.60 Å². The van der Waals surface area contributed by atoms with Crippen molar-refractivity contribution < 1.29 is 9.90 Å². The van der Waals surface area contributed by atoms with E-state index in [-0.39, 0.29) is 11.9 Å². The fraction of sp³-hybridized carbons (Fsp3) is 0.500. The standard InChI is InChI=1S/C16H17ClN2O2/c1-8(20)19-15-11-4-16(21,5-12(11)15)14-3-10(17)2-9-6-18-7-13(9)14/h2-3,6,11-12,15,21H,4-5,7H2,1H3,(H,19,20)/t11-,12+,15?,16?. The summed E-state index contributed by atoms with van der Waals surface area (Å²) in [6.07, 6.45) is 3.20. The predicted molar refractivity (Wildman–Crippen MR) is 80.5 cm³/mol. The van der Waals surface area contributed by atoms with Crippen LogP contribution >= 0.6 is 11.6 Å². The summed E-state index contributed by atoms with van der Waals surface area (Å²) in [5, 5.41) is 14.7. The van der Waals surface area contributed by atoms with E-state index in [1.807, 2.05) is 18.3 Å². The average molecular weight is 305 g/mol. The number of nitrogens with one attached hydrogen (secondary N) is 1. The first-order chi connectivity index (χ1) is 9.98. The monoisotopic (exact) mass is 304 g/mol. The third-order valence-corrected chi connectivity index (χ3v) is 5.30. The molecule has 1 amide bonds. The number of fused-ring (bicyclic) bond motifs is 2. The van der Waals surface area contributed by atoms with Gasteiger partial charge in [-0.2, -0.15) is 0 Å². The molecule has 2 fully saturated rings. The van der Waals surface area contributed by atoms with Crippen LogP contribution in [0, 0.1) is 11.8 Å². The van der Waals surface area contributed by atoms with E-state index in [4.69, 9.17) is 11.6 Å². The van der Waals surface area contributed by atoms with Crippen LogP contribution in [0.25, 0.3) is 0 Å². The Labute approximate surface area is 128 Å². The van der Waals surface area contributed by atoms with Crippen LogP contribution in [-0.4, -0.2) is 23.3 Å². The van der Waals surface area contributed by atoms with Gasteiger partial charge in [0.15, 0.2) is 0 Å². The summed E-state index contributed by atoms with van der Waals surface area (Å²) in [6, 6.07) is 4.02. The fourth-order valence-corrected chi connectivity index (χ4v) is 4.36. The Balaban J connectivity index is 1.61. The maximum absolute atomic E-state index is 11.1. The van der Waals surface area contributed by atoms with Gasteiger partial charge in [-0.05, 0) is 53.5 Å². The molecule has 0 aromatic heterocycles. The molecular weight excluding hydrogens is 288 g/mol. The Bertz CT molecular complexity index is 658. The number of carbonyl (C=O) groups excluding carboxylic acids is 1. The molecule has 2 saturated carbocycles. The molecule has 0 radical (unpaired) electrons. The van der Waals surface area contributed by atoms with E-state index in [2.05, 4.69) is 10.3 Å². The molecule has 2 aliphatic carbocycles. The summed E-state index contributed by atoms with van der Waals surface area (Å²) in [7, 11) is 0. The minimum absolute atomic E-state index is 0.00925. The first kappa shape index (κ1) is 13.3. The van der Waals surface area contributed by atoms with Crippen molar-refractivity contribution in [2.75, 3.05) is 0 Å². The van der Waals surface area contributed by atoms with Crippen LogP contribution < -0.4 is 5.32 Å². The number of aliphatic hydroxyl groups is 1. The van der Waals surface area contributed by atoms with Crippen molar-refractivity contribution in [1.82, 2.24) is 5.32 Å². The molecule has 0 saturated heterocycles. The zero-order valence-electron chi connectivity index (χ0n) is 11.8. The van der Waals surface area contributed by atoms with Crippen molar-refractivity contribution in [2.45, 2.75) is 38.0 Å². The fourth-order valence-electron chi connectivity index (χ4n) is 4.13. The summed E-state index contributed by atoms with van der Waals surface area (Å²) in [6.45, 7) is 2.16. The first-order valence-corrected chi connectivity index (χ1v) is 7.68. The number of carbonyl (C=O) groups is 1. The summed E-state index contributed by atoms with van der Waals surface area (Å²) >= 11 is 6.18. The van der Waals surface area contributed by atoms with Crippen molar-refractivity contribution in [3.05, 3.63) is 33.8 Å². The predicted octanol–water partition coefficient (Wildman–Crippen LogP) is 2.00. The number of nitrogens with zero attached hydrogens (tertiary/aromatic N) is 1. The molecule has 4 rings (SSSR count). The van der Waals surface area contributed by atoms with E-state index >= 15 is 0 Å². The van der Waals surface area contributed by atoms with E-state index in [1.54, 1.807) is 6.92 Å².